The van der Waals surface area contributed by atoms with Gasteiger partial charge in [-0.05, 0) is 48.7 Å². The van der Waals surface area contributed by atoms with Crippen LogP contribution in [0.5, 0.6) is 0 Å². The van der Waals surface area contributed by atoms with E-state index in [1.807, 2.05) is 26.0 Å². The average molecular weight is 381 g/mol. The van der Waals surface area contributed by atoms with E-state index < -0.39 is 15.9 Å². The molecule has 0 saturated carbocycles. The molecule has 0 atom stereocenters. The fraction of sp³-hybridized carbons (Fsp3) is 0.278. The van der Waals surface area contributed by atoms with Crippen LogP contribution in [-0.2, 0) is 21.4 Å². The molecule has 1 amide bonds. The summed E-state index contributed by atoms with van der Waals surface area (Å²) >= 11 is 6.06. The number of nitrogens with zero attached hydrogens (tertiary/aromatic N) is 1. The van der Waals surface area contributed by atoms with Crippen LogP contribution >= 0.6 is 11.6 Å². The fourth-order valence-electron chi connectivity index (χ4n) is 2.30. The van der Waals surface area contributed by atoms with Crippen LogP contribution in [0.3, 0.4) is 0 Å². The second-order valence-electron chi connectivity index (χ2n) is 5.91. The summed E-state index contributed by atoms with van der Waals surface area (Å²) in [4.78, 5) is 12.2. The standard InChI is InChI=1S/C18H21ClN2O3S/c1-13-8-9-16(10-14(13)2)21(25(3,23)24)12-18(22)20-11-15-6-4-5-7-17(15)19/h4-10H,11-12H2,1-3H3,(H,20,22). The number of halogens is 1. The van der Waals surface area contributed by atoms with Gasteiger partial charge in [0.15, 0.2) is 0 Å². The quantitative estimate of drug-likeness (QED) is 0.837. The lowest BCUT2D eigenvalue weighted by Crippen LogP contribution is -2.40. The van der Waals surface area contributed by atoms with Crippen LogP contribution in [-0.4, -0.2) is 27.1 Å². The van der Waals surface area contributed by atoms with Gasteiger partial charge in [-0.15, -0.1) is 0 Å². The number of amides is 1. The van der Waals surface area contributed by atoms with E-state index in [2.05, 4.69) is 5.32 Å². The Morgan fingerprint density at radius 2 is 1.80 bits per heavy atom. The minimum absolute atomic E-state index is 0.239. The average Bonchev–Trinajstić information content (AvgIpc) is 2.53. The Bertz CT molecular complexity index is 882. The van der Waals surface area contributed by atoms with Gasteiger partial charge in [0.25, 0.3) is 0 Å². The van der Waals surface area contributed by atoms with Crippen LogP contribution in [0.4, 0.5) is 5.69 Å². The Hall–Kier alpha value is -2.05. The van der Waals surface area contributed by atoms with Crippen LogP contribution < -0.4 is 9.62 Å². The summed E-state index contributed by atoms with van der Waals surface area (Å²) < 4.78 is 25.3. The van der Waals surface area contributed by atoms with E-state index in [9.17, 15) is 13.2 Å². The first-order chi connectivity index (χ1) is 11.7. The number of rotatable bonds is 6. The minimum atomic E-state index is -3.59. The molecule has 0 saturated heterocycles. The van der Waals surface area contributed by atoms with Gasteiger partial charge in [0.05, 0.1) is 11.9 Å². The van der Waals surface area contributed by atoms with Crippen molar-refractivity contribution in [2.75, 3.05) is 17.1 Å². The SMILES string of the molecule is Cc1ccc(N(CC(=O)NCc2ccccc2Cl)S(C)(=O)=O)cc1C. The summed E-state index contributed by atoms with van der Waals surface area (Å²) in [7, 11) is -3.59. The Morgan fingerprint density at radius 1 is 1.12 bits per heavy atom. The summed E-state index contributed by atoms with van der Waals surface area (Å²) in [6, 6.07) is 12.5. The summed E-state index contributed by atoms with van der Waals surface area (Å²) in [5.41, 5.74) is 3.26. The second-order valence-corrected chi connectivity index (χ2v) is 8.22. The van der Waals surface area contributed by atoms with Gasteiger partial charge in [-0.2, -0.15) is 0 Å². The van der Waals surface area contributed by atoms with E-state index in [-0.39, 0.29) is 13.1 Å². The second kappa shape index (κ2) is 7.89. The first kappa shape index (κ1) is 19.3. The van der Waals surface area contributed by atoms with Gasteiger partial charge in [0.2, 0.25) is 15.9 Å². The monoisotopic (exact) mass is 380 g/mol. The van der Waals surface area contributed by atoms with E-state index >= 15 is 0 Å². The minimum Gasteiger partial charge on any atom is -0.350 e. The highest BCUT2D eigenvalue weighted by atomic mass is 35.5. The number of hydrogen-bond donors (Lipinski definition) is 1. The van der Waals surface area contributed by atoms with Crippen molar-refractivity contribution in [1.82, 2.24) is 5.32 Å². The van der Waals surface area contributed by atoms with Crippen molar-refractivity contribution in [3.63, 3.8) is 0 Å². The van der Waals surface area contributed by atoms with Crippen LogP contribution in [0, 0.1) is 13.8 Å². The van der Waals surface area contributed by atoms with E-state index in [1.54, 1.807) is 30.3 Å². The van der Waals surface area contributed by atoms with Crippen LogP contribution in [0.2, 0.25) is 5.02 Å². The highest BCUT2D eigenvalue weighted by Crippen LogP contribution is 2.21. The molecule has 0 aromatic heterocycles. The molecule has 0 bridgehead atoms. The molecule has 0 radical (unpaired) electrons. The third kappa shape index (κ3) is 5.21. The number of hydrogen-bond acceptors (Lipinski definition) is 3. The summed E-state index contributed by atoms with van der Waals surface area (Å²) in [6.07, 6.45) is 1.09. The smallest absolute Gasteiger partial charge is 0.241 e. The molecule has 0 unspecified atom stereocenters. The highest BCUT2D eigenvalue weighted by Gasteiger charge is 2.21. The topological polar surface area (TPSA) is 66.5 Å². The maximum Gasteiger partial charge on any atom is 0.241 e. The number of carbonyl (C=O) groups excluding carboxylic acids is 1. The van der Waals surface area contributed by atoms with E-state index in [0.29, 0.717) is 10.7 Å². The molecular formula is C18H21ClN2O3S. The zero-order chi connectivity index (χ0) is 18.6. The Kier molecular flexibility index (Phi) is 6.08. The number of benzene rings is 2. The highest BCUT2D eigenvalue weighted by molar-refractivity contribution is 7.92. The Morgan fingerprint density at radius 3 is 2.40 bits per heavy atom. The number of sulfonamides is 1. The molecule has 0 spiro atoms. The van der Waals surface area contributed by atoms with Gasteiger partial charge >= 0.3 is 0 Å². The molecule has 1 N–H and O–H groups in total. The maximum atomic E-state index is 12.2. The Labute approximate surface area is 153 Å². The number of aryl methyl sites for hydroxylation is 2. The predicted octanol–water partition coefficient (Wildman–Crippen LogP) is 3.04. The van der Waals surface area contributed by atoms with E-state index in [1.165, 1.54) is 0 Å². The molecule has 0 fully saturated rings. The molecule has 5 nitrogen and oxygen atoms in total. The van der Waals surface area contributed by atoms with Crippen molar-refractivity contribution in [3.8, 4) is 0 Å². The fourth-order valence-corrected chi connectivity index (χ4v) is 3.35. The predicted molar refractivity (Wildman–Crippen MR) is 101 cm³/mol. The van der Waals surface area contributed by atoms with E-state index in [4.69, 9.17) is 11.6 Å². The first-order valence-electron chi connectivity index (χ1n) is 7.73. The third-order valence-electron chi connectivity index (χ3n) is 3.90. The van der Waals surface area contributed by atoms with Crippen LogP contribution in [0.25, 0.3) is 0 Å². The molecule has 25 heavy (non-hydrogen) atoms. The summed E-state index contributed by atoms with van der Waals surface area (Å²) in [5.74, 6) is -0.399. The summed E-state index contributed by atoms with van der Waals surface area (Å²) in [6.45, 7) is 3.80. The molecule has 2 rings (SSSR count). The third-order valence-corrected chi connectivity index (χ3v) is 5.41. The Balaban J connectivity index is 2.13. The zero-order valence-electron chi connectivity index (χ0n) is 14.4. The van der Waals surface area contributed by atoms with Gasteiger partial charge in [0, 0.05) is 11.6 Å². The molecule has 2 aromatic rings. The molecule has 134 valence electrons. The molecule has 0 aliphatic rings. The lowest BCUT2D eigenvalue weighted by atomic mass is 10.1. The van der Waals surface area contributed by atoms with Gasteiger partial charge < -0.3 is 5.32 Å². The lowest BCUT2D eigenvalue weighted by molar-refractivity contribution is -0.119. The molecule has 0 heterocycles. The largest absolute Gasteiger partial charge is 0.350 e. The normalized spacial score (nSPS) is 11.2. The molecule has 7 heteroatoms. The van der Waals surface area contributed by atoms with E-state index in [0.717, 1.165) is 27.3 Å². The number of carbonyl (C=O) groups is 1. The molecule has 0 aliphatic carbocycles. The van der Waals surface area contributed by atoms with Gasteiger partial charge in [0.1, 0.15) is 6.54 Å². The number of nitrogens with one attached hydrogen (secondary N) is 1. The zero-order valence-corrected chi connectivity index (χ0v) is 16.0. The van der Waals surface area contributed by atoms with Crippen molar-refractivity contribution in [3.05, 3.63) is 64.2 Å². The van der Waals surface area contributed by atoms with Crippen molar-refractivity contribution in [2.45, 2.75) is 20.4 Å². The summed E-state index contributed by atoms with van der Waals surface area (Å²) in [5, 5.41) is 3.26. The van der Waals surface area contributed by atoms with Crippen molar-refractivity contribution >= 4 is 33.2 Å². The molecule has 2 aromatic carbocycles. The molecule has 0 aliphatic heterocycles. The van der Waals surface area contributed by atoms with Gasteiger partial charge in [-0.25, -0.2) is 8.42 Å². The lowest BCUT2D eigenvalue weighted by Gasteiger charge is -2.22. The van der Waals surface area contributed by atoms with Crippen LogP contribution in [0.1, 0.15) is 16.7 Å². The van der Waals surface area contributed by atoms with Crippen molar-refractivity contribution in [2.24, 2.45) is 0 Å². The number of anilines is 1. The maximum absolute atomic E-state index is 12.2. The van der Waals surface area contributed by atoms with Gasteiger partial charge in [-0.3, -0.25) is 9.10 Å². The first-order valence-corrected chi connectivity index (χ1v) is 9.96. The molecular weight excluding hydrogens is 360 g/mol. The van der Waals surface area contributed by atoms with Gasteiger partial charge in [-0.1, -0.05) is 35.9 Å². The van der Waals surface area contributed by atoms with Crippen molar-refractivity contribution in [1.29, 1.82) is 0 Å². The van der Waals surface area contributed by atoms with Crippen LogP contribution in [0.15, 0.2) is 42.5 Å². The van der Waals surface area contributed by atoms with Crippen molar-refractivity contribution < 1.29 is 13.2 Å².